The Kier molecular flexibility index (Phi) is 4.89. The third-order valence-electron chi connectivity index (χ3n) is 3.42. The van der Waals surface area contributed by atoms with Gasteiger partial charge in [-0.2, -0.15) is 0 Å². The molecule has 0 aromatic rings. The molecular formula is C11H19F2NO4S. The largest absolute Gasteiger partial charge is 0.480 e. The molecule has 0 heterocycles. The van der Waals surface area contributed by atoms with Crippen molar-refractivity contribution in [3.05, 3.63) is 0 Å². The Morgan fingerprint density at radius 2 is 2.00 bits per heavy atom. The van der Waals surface area contributed by atoms with Crippen LogP contribution in [0.25, 0.3) is 0 Å². The van der Waals surface area contributed by atoms with E-state index in [9.17, 15) is 22.0 Å². The summed E-state index contributed by atoms with van der Waals surface area (Å²) in [5, 5.41) is 8.98. The summed E-state index contributed by atoms with van der Waals surface area (Å²) < 4.78 is 50.9. The van der Waals surface area contributed by atoms with Crippen molar-refractivity contribution < 1.29 is 27.1 Å². The van der Waals surface area contributed by atoms with Crippen LogP contribution in [0, 0.1) is 11.8 Å². The van der Waals surface area contributed by atoms with Crippen LogP contribution in [0.5, 0.6) is 0 Å². The van der Waals surface area contributed by atoms with Gasteiger partial charge in [0.2, 0.25) is 15.9 Å². The van der Waals surface area contributed by atoms with E-state index in [-0.39, 0.29) is 5.92 Å². The van der Waals surface area contributed by atoms with Crippen LogP contribution < -0.4 is 4.72 Å². The number of aliphatic carboxylic acids is 1. The molecule has 0 amide bonds. The first-order valence-corrected chi connectivity index (χ1v) is 7.82. The van der Waals surface area contributed by atoms with Gasteiger partial charge in [-0.3, -0.25) is 4.79 Å². The van der Waals surface area contributed by atoms with Gasteiger partial charge in [0, 0.05) is 12.8 Å². The van der Waals surface area contributed by atoms with Gasteiger partial charge >= 0.3 is 5.97 Å². The van der Waals surface area contributed by atoms with Gasteiger partial charge in [0.1, 0.15) is 6.04 Å². The summed E-state index contributed by atoms with van der Waals surface area (Å²) in [5.41, 5.74) is 0. The minimum Gasteiger partial charge on any atom is -0.480 e. The summed E-state index contributed by atoms with van der Waals surface area (Å²) in [6.45, 7) is 3.38. The number of nitrogens with one attached hydrogen (secondary N) is 1. The molecule has 0 bridgehead atoms. The van der Waals surface area contributed by atoms with Crippen LogP contribution in [0.3, 0.4) is 0 Å². The molecule has 0 saturated heterocycles. The lowest BCUT2D eigenvalue weighted by atomic mass is 9.83. The van der Waals surface area contributed by atoms with E-state index in [0.29, 0.717) is 6.42 Å². The molecule has 0 aliphatic heterocycles. The standard InChI is InChI=1S/C11H19F2NO4S/c1-3-7(2)9(10(15)16)14-19(17,18)6-8-4-11(12,13)5-8/h7-9,14H,3-6H2,1-2H3,(H,15,16)/t7-,9-/m0/s1. The first kappa shape index (κ1) is 16.3. The molecule has 1 saturated carbocycles. The number of hydrogen-bond donors (Lipinski definition) is 2. The zero-order chi connectivity index (χ0) is 14.8. The van der Waals surface area contributed by atoms with Crippen LogP contribution in [0.15, 0.2) is 0 Å². The predicted molar refractivity (Wildman–Crippen MR) is 65.5 cm³/mol. The Balaban J connectivity index is 2.60. The molecular weight excluding hydrogens is 280 g/mol. The van der Waals surface area contributed by atoms with Crippen molar-refractivity contribution in [2.45, 2.75) is 45.1 Å². The minimum absolute atomic E-state index is 0.366. The molecule has 0 unspecified atom stereocenters. The van der Waals surface area contributed by atoms with Gasteiger partial charge in [-0.15, -0.1) is 0 Å². The van der Waals surface area contributed by atoms with Gasteiger partial charge in [0.15, 0.2) is 0 Å². The monoisotopic (exact) mass is 299 g/mol. The number of alkyl halides is 2. The van der Waals surface area contributed by atoms with E-state index >= 15 is 0 Å². The van der Waals surface area contributed by atoms with E-state index in [1.165, 1.54) is 0 Å². The number of rotatable bonds is 7. The smallest absolute Gasteiger partial charge is 0.322 e. The Bertz CT molecular complexity index is 430. The fourth-order valence-electron chi connectivity index (χ4n) is 2.10. The average molecular weight is 299 g/mol. The summed E-state index contributed by atoms with van der Waals surface area (Å²) >= 11 is 0. The lowest BCUT2D eigenvalue weighted by molar-refractivity contribution is -0.140. The second kappa shape index (κ2) is 5.70. The lowest BCUT2D eigenvalue weighted by Gasteiger charge is -2.34. The molecule has 1 aliphatic carbocycles. The van der Waals surface area contributed by atoms with Crippen molar-refractivity contribution in [2.75, 3.05) is 5.75 Å². The summed E-state index contributed by atoms with van der Waals surface area (Å²) in [4.78, 5) is 11.0. The Morgan fingerprint density at radius 3 is 2.37 bits per heavy atom. The van der Waals surface area contributed by atoms with E-state index in [1.54, 1.807) is 13.8 Å². The third kappa shape index (κ3) is 4.68. The first-order valence-electron chi connectivity index (χ1n) is 6.17. The van der Waals surface area contributed by atoms with E-state index in [0.717, 1.165) is 0 Å². The topological polar surface area (TPSA) is 83.5 Å². The predicted octanol–water partition coefficient (Wildman–Crippen LogP) is 1.45. The van der Waals surface area contributed by atoms with E-state index in [2.05, 4.69) is 4.72 Å². The highest BCUT2D eigenvalue weighted by Crippen LogP contribution is 2.42. The van der Waals surface area contributed by atoms with Gasteiger partial charge in [-0.25, -0.2) is 21.9 Å². The maximum Gasteiger partial charge on any atom is 0.322 e. The van der Waals surface area contributed by atoms with Crippen molar-refractivity contribution in [3.8, 4) is 0 Å². The highest BCUT2D eigenvalue weighted by molar-refractivity contribution is 7.89. The van der Waals surface area contributed by atoms with Crippen LogP contribution in [0.1, 0.15) is 33.1 Å². The molecule has 0 aromatic heterocycles. The average Bonchev–Trinajstić information content (AvgIpc) is 2.21. The SMILES string of the molecule is CC[C@H](C)[C@H](NS(=O)(=O)CC1CC(F)(F)C1)C(=O)O. The van der Waals surface area contributed by atoms with Crippen molar-refractivity contribution in [3.63, 3.8) is 0 Å². The van der Waals surface area contributed by atoms with Gasteiger partial charge < -0.3 is 5.11 Å². The molecule has 2 N–H and O–H groups in total. The van der Waals surface area contributed by atoms with Crippen molar-refractivity contribution in [1.82, 2.24) is 4.72 Å². The fraction of sp³-hybridized carbons (Fsp3) is 0.909. The molecule has 112 valence electrons. The molecule has 2 atom stereocenters. The minimum atomic E-state index is -3.86. The molecule has 1 fully saturated rings. The fourth-order valence-corrected chi connectivity index (χ4v) is 3.77. The van der Waals surface area contributed by atoms with Gasteiger partial charge in [-0.1, -0.05) is 20.3 Å². The zero-order valence-electron chi connectivity index (χ0n) is 10.9. The number of halogens is 2. The Morgan fingerprint density at radius 1 is 1.47 bits per heavy atom. The van der Waals surface area contributed by atoms with Crippen LogP contribution in [-0.2, 0) is 14.8 Å². The van der Waals surface area contributed by atoms with Crippen molar-refractivity contribution >= 4 is 16.0 Å². The number of carboxylic acid groups (broad SMARTS) is 1. The summed E-state index contributed by atoms with van der Waals surface area (Å²) in [6.07, 6.45) is -0.398. The number of sulfonamides is 1. The molecule has 8 heteroatoms. The molecule has 0 spiro atoms. The number of carboxylic acids is 1. The Hall–Kier alpha value is -0.760. The Labute approximate surface area is 111 Å². The molecule has 0 radical (unpaired) electrons. The van der Waals surface area contributed by atoms with E-state index < -0.39 is 52.5 Å². The summed E-state index contributed by atoms with van der Waals surface area (Å²) in [6, 6.07) is -1.21. The highest BCUT2D eigenvalue weighted by Gasteiger charge is 2.47. The van der Waals surface area contributed by atoms with E-state index in [4.69, 9.17) is 5.11 Å². The first-order chi connectivity index (χ1) is 8.56. The normalized spacial score (nSPS) is 22.5. The molecule has 1 aliphatic rings. The third-order valence-corrected chi connectivity index (χ3v) is 4.94. The highest BCUT2D eigenvalue weighted by atomic mass is 32.2. The van der Waals surface area contributed by atoms with Crippen LogP contribution in [0.4, 0.5) is 8.78 Å². The van der Waals surface area contributed by atoms with Gasteiger partial charge in [-0.05, 0) is 11.8 Å². The molecule has 19 heavy (non-hydrogen) atoms. The van der Waals surface area contributed by atoms with Crippen LogP contribution >= 0.6 is 0 Å². The number of carbonyl (C=O) groups is 1. The van der Waals surface area contributed by atoms with Crippen LogP contribution in [-0.4, -0.2) is 37.2 Å². The van der Waals surface area contributed by atoms with Crippen molar-refractivity contribution in [1.29, 1.82) is 0 Å². The molecule has 5 nitrogen and oxygen atoms in total. The van der Waals surface area contributed by atoms with E-state index in [1.807, 2.05) is 0 Å². The van der Waals surface area contributed by atoms with Crippen molar-refractivity contribution in [2.24, 2.45) is 11.8 Å². The second-order valence-electron chi connectivity index (χ2n) is 5.23. The summed E-state index contributed by atoms with van der Waals surface area (Å²) in [7, 11) is -3.86. The van der Waals surface area contributed by atoms with Crippen LogP contribution in [0.2, 0.25) is 0 Å². The zero-order valence-corrected chi connectivity index (χ0v) is 11.7. The molecule has 0 aromatic carbocycles. The lowest BCUT2D eigenvalue weighted by Crippen LogP contribution is -2.48. The molecule has 1 rings (SSSR count). The number of hydrogen-bond acceptors (Lipinski definition) is 3. The maximum atomic E-state index is 12.6. The van der Waals surface area contributed by atoms with Gasteiger partial charge in [0.25, 0.3) is 0 Å². The summed E-state index contributed by atoms with van der Waals surface area (Å²) in [5.74, 6) is -5.43. The van der Waals surface area contributed by atoms with Gasteiger partial charge in [0.05, 0.1) is 5.75 Å². The second-order valence-corrected chi connectivity index (χ2v) is 7.03. The quantitative estimate of drug-likeness (QED) is 0.745. The maximum absolute atomic E-state index is 12.6.